The zero-order chi connectivity index (χ0) is 13.9. The van der Waals surface area contributed by atoms with Crippen LogP contribution in [0.2, 0.25) is 0 Å². The molecule has 0 radical (unpaired) electrons. The van der Waals surface area contributed by atoms with Gasteiger partial charge in [-0.15, -0.1) is 0 Å². The molecule has 1 aromatic carbocycles. The van der Waals surface area contributed by atoms with Crippen molar-refractivity contribution >= 4 is 0 Å². The van der Waals surface area contributed by atoms with Crippen molar-refractivity contribution in [2.24, 2.45) is 11.8 Å². The van der Waals surface area contributed by atoms with Gasteiger partial charge < -0.3 is 5.32 Å². The minimum atomic E-state index is 0.731. The first-order valence-corrected chi connectivity index (χ1v) is 8.64. The highest BCUT2D eigenvalue weighted by Gasteiger charge is 2.39. The second-order valence-corrected chi connectivity index (χ2v) is 6.86. The van der Waals surface area contributed by atoms with E-state index < -0.39 is 0 Å². The SMILES string of the molecule is CCCC(CC)NC1C2CCC1Cc1ccccc1C2. The van der Waals surface area contributed by atoms with Crippen LogP contribution >= 0.6 is 0 Å². The van der Waals surface area contributed by atoms with E-state index in [9.17, 15) is 0 Å². The number of hydrogen-bond acceptors (Lipinski definition) is 1. The molecule has 3 rings (SSSR count). The largest absolute Gasteiger partial charge is 0.311 e. The summed E-state index contributed by atoms with van der Waals surface area (Å²) in [6.07, 6.45) is 9.36. The van der Waals surface area contributed by atoms with E-state index in [0.717, 1.165) is 23.9 Å². The summed E-state index contributed by atoms with van der Waals surface area (Å²) in [5.74, 6) is 1.74. The Hall–Kier alpha value is -0.820. The van der Waals surface area contributed by atoms with Gasteiger partial charge in [-0.05, 0) is 61.5 Å². The highest BCUT2D eigenvalue weighted by molar-refractivity contribution is 5.30. The molecule has 2 aliphatic rings. The number of fused-ring (bicyclic) bond motifs is 3. The number of hydrogen-bond donors (Lipinski definition) is 1. The Kier molecular flexibility index (Phi) is 4.45. The molecule has 3 atom stereocenters. The second kappa shape index (κ2) is 6.30. The Morgan fingerprint density at radius 3 is 2.15 bits per heavy atom. The lowest BCUT2D eigenvalue weighted by atomic mass is 9.93. The van der Waals surface area contributed by atoms with Gasteiger partial charge in [-0.2, -0.15) is 0 Å². The van der Waals surface area contributed by atoms with E-state index in [4.69, 9.17) is 0 Å². The minimum Gasteiger partial charge on any atom is -0.311 e. The summed E-state index contributed by atoms with van der Waals surface area (Å²) in [6, 6.07) is 10.6. The van der Waals surface area contributed by atoms with Gasteiger partial charge in [0.15, 0.2) is 0 Å². The van der Waals surface area contributed by atoms with Crippen molar-refractivity contribution in [1.29, 1.82) is 0 Å². The van der Waals surface area contributed by atoms with Crippen LogP contribution in [0.5, 0.6) is 0 Å². The third-order valence-electron chi connectivity index (χ3n) is 5.56. The van der Waals surface area contributed by atoms with Gasteiger partial charge >= 0.3 is 0 Å². The molecule has 1 aromatic rings. The summed E-state index contributed by atoms with van der Waals surface area (Å²) >= 11 is 0. The summed E-state index contributed by atoms with van der Waals surface area (Å²) in [5, 5.41) is 4.04. The summed E-state index contributed by atoms with van der Waals surface area (Å²) in [6.45, 7) is 4.64. The van der Waals surface area contributed by atoms with E-state index in [-0.39, 0.29) is 0 Å². The molecule has 0 saturated heterocycles. The molecule has 1 saturated carbocycles. The summed E-state index contributed by atoms with van der Waals surface area (Å²) < 4.78 is 0. The second-order valence-electron chi connectivity index (χ2n) is 6.86. The van der Waals surface area contributed by atoms with Gasteiger partial charge in [0.1, 0.15) is 0 Å². The summed E-state index contributed by atoms with van der Waals surface area (Å²) in [7, 11) is 0. The lowest BCUT2D eigenvalue weighted by molar-refractivity contribution is 0.292. The Bertz CT molecular complexity index is 406. The fourth-order valence-corrected chi connectivity index (χ4v) is 4.45. The summed E-state index contributed by atoms with van der Waals surface area (Å²) in [4.78, 5) is 0. The van der Waals surface area contributed by atoms with Gasteiger partial charge in [-0.3, -0.25) is 0 Å². The van der Waals surface area contributed by atoms with E-state index in [1.807, 2.05) is 0 Å². The maximum atomic E-state index is 4.04. The molecule has 20 heavy (non-hydrogen) atoms. The van der Waals surface area contributed by atoms with E-state index >= 15 is 0 Å². The maximum absolute atomic E-state index is 4.04. The average Bonchev–Trinajstić information content (AvgIpc) is 2.73. The van der Waals surface area contributed by atoms with Crippen molar-refractivity contribution in [3.63, 3.8) is 0 Å². The number of rotatable bonds is 5. The average molecular weight is 271 g/mol. The lowest BCUT2D eigenvalue weighted by Gasteiger charge is -2.29. The van der Waals surface area contributed by atoms with Crippen LogP contribution in [-0.2, 0) is 12.8 Å². The topological polar surface area (TPSA) is 12.0 Å². The molecular weight excluding hydrogens is 242 g/mol. The Balaban J connectivity index is 1.75. The van der Waals surface area contributed by atoms with Gasteiger partial charge in [-0.1, -0.05) is 44.5 Å². The molecule has 0 aromatic heterocycles. The predicted molar refractivity (Wildman–Crippen MR) is 86.0 cm³/mol. The predicted octanol–water partition coefficient (Wildman–Crippen LogP) is 4.35. The molecule has 3 unspecified atom stereocenters. The molecule has 2 bridgehead atoms. The molecule has 0 spiro atoms. The van der Waals surface area contributed by atoms with Crippen molar-refractivity contribution in [3.05, 3.63) is 35.4 Å². The third-order valence-corrected chi connectivity index (χ3v) is 5.56. The molecule has 0 heterocycles. The van der Waals surface area contributed by atoms with Crippen LogP contribution in [0.1, 0.15) is 57.1 Å². The molecule has 1 nitrogen and oxygen atoms in total. The van der Waals surface area contributed by atoms with Crippen molar-refractivity contribution in [2.75, 3.05) is 0 Å². The quantitative estimate of drug-likeness (QED) is 0.839. The Morgan fingerprint density at radius 1 is 1.05 bits per heavy atom. The molecule has 1 heteroatoms. The molecule has 1 fully saturated rings. The minimum absolute atomic E-state index is 0.731. The first-order valence-electron chi connectivity index (χ1n) is 8.64. The number of nitrogens with one attached hydrogen (secondary N) is 1. The highest BCUT2D eigenvalue weighted by atomic mass is 15.0. The molecule has 110 valence electrons. The maximum Gasteiger partial charge on any atom is 0.0132 e. The van der Waals surface area contributed by atoms with Crippen molar-refractivity contribution in [3.8, 4) is 0 Å². The third kappa shape index (κ3) is 2.79. The lowest BCUT2D eigenvalue weighted by Crippen LogP contribution is -2.44. The standard InChI is InChI=1S/C19H29N/c1-3-7-18(4-2)20-19-16-10-11-17(19)13-15-9-6-5-8-14(15)12-16/h5-6,8-9,16-20H,3-4,7,10-13H2,1-2H3. The molecule has 0 aliphatic heterocycles. The van der Waals surface area contributed by atoms with Crippen molar-refractivity contribution in [2.45, 2.75) is 70.9 Å². The van der Waals surface area contributed by atoms with Crippen LogP contribution < -0.4 is 5.32 Å². The van der Waals surface area contributed by atoms with Crippen LogP contribution in [0, 0.1) is 11.8 Å². The highest BCUT2D eigenvalue weighted by Crippen LogP contribution is 2.40. The van der Waals surface area contributed by atoms with Gasteiger partial charge in [0.25, 0.3) is 0 Å². The van der Waals surface area contributed by atoms with E-state index in [0.29, 0.717) is 0 Å². The normalized spacial score (nSPS) is 29.8. The van der Waals surface area contributed by atoms with Gasteiger partial charge in [0.05, 0.1) is 0 Å². The fraction of sp³-hybridized carbons (Fsp3) is 0.684. The van der Waals surface area contributed by atoms with Gasteiger partial charge in [0.2, 0.25) is 0 Å². The smallest absolute Gasteiger partial charge is 0.0132 e. The zero-order valence-electron chi connectivity index (χ0n) is 13.1. The van der Waals surface area contributed by atoms with E-state index in [2.05, 4.69) is 43.4 Å². The monoisotopic (exact) mass is 271 g/mol. The number of benzene rings is 1. The van der Waals surface area contributed by atoms with Gasteiger partial charge in [0, 0.05) is 12.1 Å². The van der Waals surface area contributed by atoms with Crippen LogP contribution in [0.15, 0.2) is 24.3 Å². The molecule has 1 N–H and O–H groups in total. The Morgan fingerprint density at radius 2 is 1.65 bits per heavy atom. The zero-order valence-corrected chi connectivity index (χ0v) is 13.1. The van der Waals surface area contributed by atoms with Crippen LogP contribution in [0.4, 0.5) is 0 Å². The van der Waals surface area contributed by atoms with Crippen molar-refractivity contribution in [1.82, 2.24) is 5.32 Å². The fourth-order valence-electron chi connectivity index (χ4n) is 4.45. The van der Waals surface area contributed by atoms with E-state index in [1.165, 1.54) is 44.9 Å². The van der Waals surface area contributed by atoms with Crippen LogP contribution in [0.25, 0.3) is 0 Å². The first kappa shape index (κ1) is 14.1. The van der Waals surface area contributed by atoms with E-state index in [1.54, 1.807) is 11.1 Å². The first-order chi connectivity index (χ1) is 9.81. The van der Waals surface area contributed by atoms with Gasteiger partial charge in [-0.25, -0.2) is 0 Å². The molecule has 0 amide bonds. The Labute approximate surface area is 124 Å². The molecule has 2 aliphatic carbocycles. The van der Waals surface area contributed by atoms with Crippen molar-refractivity contribution < 1.29 is 0 Å². The van der Waals surface area contributed by atoms with Crippen LogP contribution in [-0.4, -0.2) is 12.1 Å². The summed E-state index contributed by atoms with van der Waals surface area (Å²) in [5.41, 5.74) is 3.24. The van der Waals surface area contributed by atoms with Crippen LogP contribution in [0.3, 0.4) is 0 Å². The molecular formula is C19H29N.